The summed E-state index contributed by atoms with van der Waals surface area (Å²) in [6, 6.07) is 15.7. The molecule has 2 aromatic carbocycles. The molecule has 2 aromatic rings. The monoisotopic (exact) mass is 382 g/mol. The van der Waals surface area contributed by atoms with Crippen LogP contribution in [0.2, 0.25) is 0 Å². The summed E-state index contributed by atoms with van der Waals surface area (Å²) < 4.78 is 5.17. The van der Waals surface area contributed by atoms with Crippen LogP contribution in [0.5, 0.6) is 5.75 Å². The average molecular weight is 383 g/mol. The molecule has 0 aliphatic rings. The maximum atomic E-state index is 12.7. The van der Waals surface area contributed by atoms with E-state index in [-0.39, 0.29) is 11.8 Å². The molecule has 0 atom stereocenters. The number of nitrogens with zero attached hydrogens (tertiary/aromatic N) is 2. The quantitative estimate of drug-likeness (QED) is 0.662. The Kier molecular flexibility index (Phi) is 8.05. The summed E-state index contributed by atoms with van der Waals surface area (Å²) in [5.41, 5.74) is 3.15. The Morgan fingerprint density at radius 3 is 2.32 bits per heavy atom. The first-order valence-corrected chi connectivity index (χ1v) is 9.70. The van der Waals surface area contributed by atoms with Crippen molar-refractivity contribution >= 4 is 17.5 Å². The molecule has 0 spiro atoms. The van der Waals surface area contributed by atoms with Crippen LogP contribution in [0.3, 0.4) is 0 Å². The minimum atomic E-state index is -0.0140. The lowest BCUT2D eigenvalue weighted by molar-refractivity contribution is -0.129. The molecular formula is C23H30N2O3. The number of hydrogen-bond acceptors (Lipinski definition) is 3. The number of carbonyl (C=O) groups excluding carboxylic acids is 2. The molecule has 28 heavy (non-hydrogen) atoms. The maximum Gasteiger partial charge on any atom is 0.228 e. The van der Waals surface area contributed by atoms with Crippen molar-refractivity contribution in [2.75, 3.05) is 31.6 Å². The van der Waals surface area contributed by atoms with Gasteiger partial charge in [-0.25, -0.2) is 0 Å². The second-order valence-electron chi connectivity index (χ2n) is 6.83. The predicted octanol–water partition coefficient (Wildman–Crippen LogP) is 3.84. The lowest BCUT2D eigenvalue weighted by atomic mass is 10.1. The molecule has 2 rings (SSSR count). The van der Waals surface area contributed by atoms with Gasteiger partial charge in [-0.2, -0.15) is 0 Å². The average Bonchev–Trinajstić information content (AvgIpc) is 2.68. The molecule has 0 bridgehead atoms. The Hall–Kier alpha value is -2.82. The SMILES string of the molecule is CCN(C(=O)CCN(CCc1ccc(OC)cc1)C(C)=O)c1cccc(C)c1. The first-order chi connectivity index (χ1) is 13.4. The van der Waals surface area contributed by atoms with Gasteiger partial charge in [0, 0.05) is 38.7 Å². The van der Waals surface area contributed by atoms with Gasteiger partial charge in [-0.3, -0.25) is 9.59 Å². The van der Waals surface area contributed by atoms with Gasteiger partial charge in [-0.15, -0.1) is 0 Å². The minimum Gasteiger partial charge on any atom is -0.497 e. The number of rotatable bonds is 9. The molecule has 0 aromatic heterocycles. The van der Waals surface area contributed by atoms with Crippen molar-refractivity contribution in [1.29, 1.82) is 0 Å². The van der Waals surface area contributed by atoms with Crippen LogP contribution < -0.4 is 9.64 Å². The van der Waals surface area contributed by atoms with Crippen LogP contribution in [0.25, 0.3) is 0 Å². The summed E-state index contributed by atoms with van der Waals surface area (Å²) in [5.74, 6) is 0.831. The first kappa shape index (κ1) is 21.5. The number of amides is 2. The van der Waals surface area contributed by atoms with Crippen molar-refractivity contribution in [2.45, 2.75) is 33.6 Å². The van der Waals surface area contributed by atoms with Crippen molar-refractivity contribution < 1.29 is 14.3 Å². The Bertz CT molecular complexity index is 787. The smallest absolute Gasteiger partial charge is 0.228 e. The fourth-order valence-corrected chi connectivity index (χ4v) is 3.15. The molecule has 2 amide bonds. The highest BCUT2D eigenvalue weighted by Crippen LogP contribution is 2.17. The molecule has 0 N–H and O–H groups in total. The van der Waals surface area contributed by atoms with E-state index in [0.29, 0.717) is 26.1 Å². The molecule has 5 heteroatoms. The molecule has 0 fully saturated rings. The van der Waals surface area contributed by atoms with E-state index < -0.39 is 0 Å². The lowest BCUT2D eigenvalue weighted by Crippen LogP contribution is -2.37. The van der Waals surface area contributed by atoms with Gasteiger partial charge in [-0.1, -0.05) is 24.3 Å². The van der Waals surface area contributed by atoms with Crippen molar-refractivity contribution in [1.82, 2.24) is 4.90 Å². The fourth-order valence-electron chi connectivity index (χ4n) is 3.15. The predicted molar refractivity (Wildman–Crippen MR) is 113 cm³/mol. The van der Waals surface area contributed by atoms with E-state index in [4.69, 9.17) is 4.74 Å². The number of ether oxygens (including phenoxy) is 1. The summed E-state index contributed by atoms with van der Waals surface area (Å²) >= 11 is 0. The van der Waals surface area contributed by atoms with E-state index in [2.05, 4.69) is 0 Å². The zero-order valence-corrected chi connectivity index (χ0v) is 17.3. The molecule has 150 valence electrons. The number of hydrogen-bond donors (Lipinski definition) is 0. The topological polar surface area (TPSA) is 49.9 Å². The zero-order chi connectivity index (χ0) is 20.5. The van der Waals surface area contributed by atoms with Crippen LogP contribution in [0.4, 0.5) is 5.69 Å². The van der Waals surface area contributed by atoms with E-state index in [1.165, 1.54) is 0 Å². The van der Waals surface area contributed by atoms with E-state index in [1.807, 2.05) is 62.4 Å². The third-order valence-electron chi connectivity index (χ3n) is 4.80. The molecule has 0 saturated carbocycles. The Morgan fingerprint density at radius 1 is 1.04 bits per heavy atom. The van der Waals surface area contributed by atoms with Gasteiger partial charge < -0.3 is 14.5 Å². The zero-order valence-electron chi connectivity index (χ0n) is 17.3. The van der Waals surface area contributed by atoms with Crippen LogP contribution in [0, 0.1) is 6.92 Å². The molecule has 0 heterocycles. The minimum absolute atomic E-state index is 0.0140. The normalized spacial score (nSPS) is 10.4. The van der Waals surface area contributed by atoms with Crippen LogP contribution in [0.15, 0.2) is 48.5 Å². The number of anilines is 1. The van der Waals surface area contributed by atoms with Gasteiger partial charge in [0.15, 0.2) is 0 Å². The van der Waals surface area contributed by atoms with E-state index in [1.54, 1.807) is 23.8 Å². The Morgan fingerprint density at radius 2 is 1.75 bits per heavy atom. The summed E-state index contributed by atoms with van der Waals surface area (Å²) in [4.78, 5) is 28.3. The molecular weight excluding hydrogens is 352 g/mol. The Labute approximate surface area is 167 Å². The summed E-state index contributed by atoms with van der Waals surface area (Å²) in [6.45, 7) is 7.15. The Balaban J connectivity index is 1.93. The largest absolute Gasteiger partial charge is 0.497 e. The standard InChI is InChI=1S/C23H30N2O3/c1-5-25(21-8-6-7-18(2)17-21)23(27)14-16-24(19(3)26)15-13-20-9-11-22(28-4)12-10-20/h6-12,17H,5,13-16H2,1-4H3. The van der Waals surface area contributed by atoms with Crippen LogP contribution >= 0.6 is 0 Å². The lowest BCUT2D eigenvalue weighted by Gasteiger charge is -2.25. The van der Waals surface area contributed by atoms with Gasteiger partial charge in [0.1, 0.15) is 5.75 Å². The molecule has 0 aliphatic heterocycles. The van der Waals surface area contributed by atoms with Crippen LogP contribution in [-0.2, 0) is 16.0 Å². The summed E-state index contributed by atoms with van der Waals surface area (Å²) in [6.07, 6.45) is 1.05. The first-order valence-electron chi connectivity index (χ1n) is 9.70. The summed E-state index contributed by atoms with van der Waals surface area (Å²) in [7, 11) is 1.64. The van der Waals surface area contributed by atoms with Crippen LogP contribution in [-0.4, -0.2) is 43.5 Å². The van der Waals surface area contributed by atoms with Gasteiger partial charge in [0.05, 0.1) is 7.11 Å². The summed E-state index contributed by atoms with van der Waals surface area (Å²) in [5, 5.41) is 0. The highest BCUT2D eigenvalue weighted by atomic mass is 16.5. The number of aryl methyl sites for hydroxylation is 1. The van der Waals surface area contributed by atoms with Crippen molar-refractivity contribution in [3.8, 4) is 5.75 Å². The highest BCUT2D eigenvalue weighted by Gasteiger charge is 2.17. The second-order valence-corrected chi connectivity index (χ2v) is 6.83. The number of benzene rings is 2. The molecule has 0 saturated heterocycles. The molecule has 0 radical (unpaired) electrons. The number of methoxy groups -OCH3 is 1. The van der Waals surface area contributed by atoms with Crippen molar-refractivity contribution in [2.24, 2.45) is 0 Å². The van der Waals surface area contributed by atoms with E-state index in [9.17, 15) is 9.59 Å². The van der Waals surface area contributed by atoms with Crippen LogP contribution in [0.1, 0.15) is 31.4 Å². The second kappa shape index (κ2) is 10.5. The van der Waals surface area contributed by atoms with Gasteiger partial charge in [-0.05, 0) is 55.7 Å². The highest BCUT2D eigenvalue weighted by molar-refractivity contribution is 5.93. The third kappa shape index (κ3) is 6.12. The third-order valence-corrected chi connectivity index (χ3v) is 4.80. The molecule has 5 nitrogen and oxygen atoms in total. The van der Waals surface area contributed by atoms with Gasteiger partial charge in [0.25, 0.3) is 0 Å². The van der Waals surface area contributed by atoms with E-state index in [0.717, 1.165) is 29.0 Å². The van der Waals surface area contributed by atoms with Gasteiger partial charge >= 0.3 is 0 Å². The van der Waals surface area contributed by atoms with E-state index >= 15 is 0 Å². The maximum absolute atomic E-state index is 12.7. The fraction of sp³-hybridized carbons (Fsp3) is 0.391. The molecule has 0 aliphatic carbocycles. The van der Waals surface area contributed by atoms with Crippen molar-refractivity contribution in [3.05, 3.63) is 59.7 Å². The number of carbonyl (C=O) groups is 2. The molecule has 0 unspecified atom stereocenters. The van der Waals surface area contributed by atoms with Gasteiger partial charge in [0.2, 0.25) is 11.8 Å². The van der Waals surface area contributed by atoms with Crippen molar-refractivity contribution in [3.63, 3.8) is 0 Å².